The molecule has 6 nitrogen and oxygen atoms in total. The van der Waals surface area contributed by atoms with Gasteiger partial charge < -0.3 is 14.4 Å². The number of carbonyl (C=O) groups is 1. The molecule has 1 saturated heterocycles. The lowest BCUT2D eigenvalue weighted by Gasteiger charge is -2.36. The fourth-order valence-electron chi connectivity index (χ4n) is 3.57. The van der Waals surface area contributed by atoms with Crippen LogP contribution in [0, 0.1) is 0 Å². The summed E-state index contributed by atoms with van der Waals surface area (Å²) in [5.41, 5.74) is 1.98. The summed E-state index contributed by atoms with van der Waals surface area (Å²) >= 11 is 0. The largest absolute Gasteiger partial charge is 0.494 e. The Balaban J connectivity index is 1.69. The van der Waals surface area contributed by atoms with Gasteiger partial charge in [-0.05, 0) is 38.6 Å². The van der Waals surface area contributed by atoms with Crippen molar-refractivity contribution in [1.29, 1.82) is 0 Å². The van der Waals surface area contributed by atoms with E-state index in [1.54, 1.807) is 13.3 Å². The average Bonchev–Trinajstić information content (AvgIpc) is 2.61. The number of morpholine rings is 1. The zero-order valence-corrected chi connectivity index (χ0v) is 15.9. The second kappa shape index (κ2) is 8.01. The van der Waals surface area contributed by atoms with Crippen molar-refractivity contribution in [3.8, 4) is 5.75 Å². The summed E-state index contributed by atoms with van der Waals surface area (Å²) in [4.78, 5) is 21.0. The van der Waals surface area contributed by atoms with Crippen molar-refractivity contribution in [1.82, 2.24) is 14.8 Å². The number of carbonyl (C=O) groups excluding carboxylic acids is 1. The molecule has 0 unspecified atom stereocenters. The quantitative estimate of drug-likeness (QED) is 0.822. The van der Waals surface area contributed by atoms with Crippen LogP contribution in [0.4, 0.5) is 0 Å². The van der Waals surface area contributed by atoms with Crippen molar-refractivity contribution in [2.75, 3.05) is 33.8 Å². The molecule has 1 fully saturated rings. The Hall–Kier alpha value is -2.18. The van der Waals surface area contributed by atoms with Gasteiger partial charge in [0.15, 0.2) is 0 Å². The number of benzene rings is 1. The molecular formula is C20H27N3O3. The van der Waals surface area contributed by atoms with Crippen LogP contribution < -0.4 is 4.74 Å². The van der Waals surface area contributed by atoms with E-state index in [0.717, 1.165) is 22.2 Å². The van der Waals surface area contributed by atoms with E-state index in [0.29, 0.717) is 26.2 Å². The Kier molecular flexibility index (Phi) is 5.74. The van der Waals surface area contributed by atoms with Crippen LogP contribution >= 0.6 is 0 Å². The lowest BCUT2D eigenvalue weighted by Crippen LogP contribution is -2.50. The molecule has 2 atom stereocenters. The van der Waals surface area contributed by atoms with E-state index in [-0.39, 0.29) is 18.1 Å². The third-order valence-electron chi connectivity index (χ3n) is 4.66. The topological polar surface area (TPSA) is 54.9 Å². The van der Waals surface area contributed by atoms with Gasteiger partial charge in [-0.3, -0.25) is 14.7 Å². The highest BCUT2D eigenvalue weighted by atomic mass is 16.5. The van der Waals surface area contributed by atoms with Gasteiger partial charge in [0.05, 0.1) is 25.9 Å². The molecule has 2 heterocycles. The summed E-state index contributed by atoms with van der Waals surface area (Å²) in [6.07, 6.45) is 1.94. The molecule has 0 bridgehead atoms. The lowest BCUT2D eigenvalue weighted by molar-refractivity contribution is -0.144. The number of nitrogens with zero attached hydrogens (tertiary/aromatic N) is 3. The molecule has 1 aromatic heterocycles. The first kappa shape index (κ1) is 18.6. The normalized spacial score (nSPS) is 20.6. The van der Waals surface area contributed by atoms with E-state index >= 15 is 0 Å². The van der Waals surface area contributed by atoms with Gasteiger partial charge in [0, 0.05) is 31.2 Å². The number of aromatic nitrogens is 1. The first-order valence-electron chi connectivity index (χ1n) is 9.00. The van der Waals surface area contributed by atoms with Crippen LogP contribution in [0.2, 0.25) is 0 Å². The third-order valence-corrected chi connectivity index (χ3v) is 4.66. The zero-order valence-electron chi connectivity index (χ0n) is 15.9. The number of fused-ring (bicyclic) bond motifs is 1. The van der Waals surface area contributed by atoms with Gasteiger partial charge in [0.2, 0.25) is 5.91 Å². The summed E-state index contributed by atoms with van der Waals surface area (Å²) in [5.74, 6) is 0.907. The van der Waals surface area contributed by atoms with E-state index in [4.69, 9.17) is 9.47 Å². The van der Waals surface area contributed by atoms with E-state index in [1.807, 2.05) is 55.0 Å². The summed E-state index contributed by atoms with van der Waals surface area (Å²) in [5, 5.41) is 1.06. The number of ether oxygens (including phenoxy) is 2. The van der Waals surface area contributed by atoms with Crippen molar-refractivity contribution in [2.24, 2.45) is 0 Å². The van der Waals surface area contributed by atoms with Crippen molar-refractivity contribution < 1.29 is 14.3 Å². The molecule has 0 saturated carbocycles. The number of likely N-dealkylation sites (N-methyl/N-ethyl adjacent to an activating group) is 1. The zero-order chi connectivity index (χ0) is 18.7. The van der Waals surface area contributed by atoms with Crippen LogP contribution in [0.15, 0.2) is 30.5 Å². The predicted octanol–water partition coefficient (Wildman–Crippen LogP) is 2.31. The van der Waals surface area contributed by atoms with Gasteiger partial charge in [-0.25, -0.2) is 0 Å². The van der Waals surface area contributed by atoms with E-state index in [9.17, 15) is 4.79 Å². The number of hydrogen-bond donors (Lipinski definition) is 0. The molecule has 26 heavy (non-hydrogen) atoms. The average molecular weight is 357 g/mol. The molecule has 0 spiro atoms. The van der Waals surface area contributed by atoms with Crippen LogP contribution in [0.25, 0.3) is 10.9 Å². The maximum Gasteiger partial charge on any atom is 0.236 e. The molecule has 3 rings (SSSR count). The minimum atomic E-state index is 0.0876. The van der Waals surface area contributed by atoms with E-state index in [2.05, 4.69) is 4.98 Å². The highest BCUT2D eigenvalue weighted by Gasteiger charge is 2.26. The van der Waals surface area contributed by atoms with Gasteiger partial charge in [0.1, 0.15) is 11.3 Å². The predicted molar refractivity (Wildman–Crippen MR) is 101 cm³/mol. The molecule has 1 aromatic carbocycles. The van der Waals surface area contributed by atoms with Crippen molar-refractivity contribution in [3.63, 3.8) is 0 Å². The summed E-state index contributed by atoms with van der Waals surface area (Å²) < 4.78 is 11.1. The summed E-state index contributed by atoms with van der Waals surface area (Å²) in [6.45, 7) is 6.39. The second-order valence-corrected chi connectivity index (χ2v) is 7.05. The van der Waals surface area contributed by atoms with Crippen molar-refractivity contribution >= 4 is 16.8 Å². The Bertz CT molecular complexity index is 770. The number of pyridine rings is 1. The van der Waals surface area contributed by atoms with Crippen LogP contribution in [-0.2, 0) is 16.1 Å². The number of hydrogen-bond acceptors (Lipinski definition) is 5. The van der Waals surface area contributed by atoms with Crippen molar-refractivity contribution in [3.05, 3.63) is 36.0 Å². The van der Waals surface area contributed by atoms with Crippen LogP contribution in [0.3, 0.4) is 0 Å². The molecule has 0 N–H and O–H groups in total. The van der Waals surface area contributed by atoms with E-state index in [1.165, 1.54) is 0 Å². The molecule has 1 amide bonds. The first-order valence-corrected chi connectivity index (χ1v) is 9.00. The monoisotopic (exact) mass is 357 g/mol. The number of methoxy groups -OCH3 is 1. The highest BCUT2D eigenvalue weighted by Crippen LogP contribution is 2.27. The van der Waals surface area contributed by atoms with Gasteiger partial charge in [-0.1, -0.05) is 12.1 Å². The molecule has 2 aromatic rings. The van der Waals surface area contributed by atoms with E-state index < -0.39 is 0 Å². The molecular weight excluding hydrogens is 330 g/mol. The van der Waals surface area contributed by atoms with Crippen LogP contribution in [0.5, 0.6) is 5.75 Å². The third kappa shape index (κ3) is 4.14. The maximum absolute atomic E-state index is 12.7. The standard InChI is InChI=1S/C20H27N3O3/c1-14-10-23(11-15(2)26-14)19(24)13-22(3)12-16-7-8-18(25-4)20-17(16)6-5-9-21-20/h5-9,14-15H,10-13H2,1-4H3/t14-,15+. The molecule has 0 aliphatic carbocycles. The first-order chi connectivity index (χ1) is 12.5. The van der Waals surface area contributed by atoms with Crippen molar-refractivity contribution in [2.45, 2.75) is 32.6 Å². The molecule has 140 valence electrons. The number of amides is 1. The lowest BCUT2D eigenvalue weighted by atomic mass is 10.1. The smallest absolute Gasteiger partial charge is 0.236 e. The Morgan fingerprint density at radius 1 is 1.31 bits per heavy atom. The molecule has 0 radical (unpaired) electrons. The fourth-order valence-corrected chi connectivity index (χ4v) is 3.57. The molecule has 1 aliphatic heterocycles. The molecule has 1 aliphatic rings. The molecule has 6 heteroatoms. The minimum absolute atomic E-state index is 0.0876. The Morgan fingerprint density at radius 3 is 2.73 bits per heavy atom. The van der Waals surface area contributed by atoms with Gasteiger partial charge in [-0.2, -0.15) is 0 Å². The maximum atomic E-state index is 12.7. The Labute approximate surface area is 154 Å². The van der Waals surface area contributed by atoms with Crippen LogP contribution in [-0.4, -0.2) is 66.7 Å². The van der Waals surface area contributed by atoms with Gasteiger partial charge >= 0.3 is 0 Å². The second-order valence-electron chi connectivity index (χ2n) is 7.05. The minimum Gasteiger partial charge on any atom is -0.494 e. The Morgan fingerprint density at radius 2 is 2.04 bits per heavy atom. The number of rotatable bonds is 5. The van der Waals surface area contributed by atoms with Gasteiger partial charge in [-0.15, -0.1) is 0 Å². The van der Waals surface area contributed by atoms with Gasteiger partial charge in [0.25, 0.3) is 0 Å². The van der Waals surface area contributed by atoms with Crippen LogP contribution in [0.1, 0.15) is 19.4 Å². The highest BCUT2D eigenvalue weighted by molar-refractivity contribution is 5.87. The summed E-state index contributed by atoms with van der Waals surface area (Å²) in [7, 11) is 3.62. The fraction of sp³-hybridized carbons (Fsp3) is 0.500. The summed E-state index contributed by atoms with van der Waals surface area (Å²) in [6, 6.07) is 7.95. The SMILES string of the molecule is COc1ccc(CN(C)CC(=O)N2C[C@@H](C)O[C@@H](C)C2)c2cccnc12.